The first-order chi connectivity index (χ1) is 14.2. The van der Waals surface area contributed by atoms with Gasteiger partial charge in [0.25, 0.3) is 0 Å². The lowest BCUT2D eigenvalue weighted by molar-refractivity contribution is -0.125. The van der Waals surface area contributed by atoms with E-state index in [1.54, 1.807) is 36.4 Å². The molecule has 0 aliphatic heterocycles. The third-order valence-corrected chi connectivity index (χ3v) is 4.11. The van der Waals surface area contributed by atoms with Crippen molar-refractivity contribution in [3.8, 4) is 22.6 Å². The average molecular weight is 412 g/mol. The van der Waals surface area contributed by atoms with E-state index in [2.05, 4.69) is 10.6 Å². The number of hydrogen-bond donors (Lipinski definition) is 2. The molecule has 0 aromatic heterocycles. The molecule has 0 unspecified atom stereocenters. The van der Waals surface area contributed by atoms with Crippen molar-refractivity contribution >= 4 is 34.8 Å². The Morgan fingerprint density at radius 3 is 1.37 bits per heavy atom. The molecule has 2 amide bonds. The molecule has 0 saturated carbocycles. The van der Waals surface area contributed by atoms with Crippen LogP contribution >= 0.6 is 0 Å². The number of carbonyl (C=O) groups excluding carboxylic acids is 4. The smallest absolute Gasteiger partial charge is 0.231 e. The zero-order chi connectivity index (χ0) is 22.3. The summed E-state index contributed by atoms with van der Waals surface area (Å²) in [5.41, 5.74) is 2.00. The Labute approximate surface area is 174 Å². The Morgan fingerprint density at radius 1 is 0.700 bits per heavy atom. The van der Waals surface area contributed by atoms with Gasteiger partial charge in [0.15, 0.2) is 0 Å². The van der Waals surface area contributed by atoms with Crippen LogP contribution in [0.15, 0.2) is 36.4 Å². The Hall–Kier alpha value is -3.68. The number of amides is 2. The first-order valence-electron chi connectivity index (χ1n) is 9.18. The lowest BCUT2D eigenvalue weighted by atomic mass is 10.0. The highest BCUT2D eigenvalue weighted by atomic mass is 16.5. The molecule has 2 N–H and O–H groups in total. The van der Waals surface area contributed by atoms with Crippen LogP contribution in [0.2, 0.25) is 0 Å². The highest BCUT2D eigenvalue weighted by Gasteiger charge is 2.17. The molecule has 0 heterocycles. The Kier molecular flexibility index (Phi) is 7.69. The van der Waals surface area contributed by atoms with Crippen molar-refractivity contribution in [1.29, 1.82) is 0 Å². The highest BCUT2D eigenvalue weighted by Crippen LogP contribution is 2.38. The third-order valence-electron chi connectivity index (χ3n) is 4.11. The Morgan fingerprint density at radius 2 is 1.07 bits per heavy atom. The molecule has 0 radical (unpaired) electrons. The minimum atomic E-state index is -0.465. The SMILES string of the molecule is COc1ccc(-c2ccc(OC)cc2NC(=O)CC(C)=O)c(NC(=O)CC(C)=O)c1. The Bertz CT molecular complexity index is 904. The molecule has 0 aliphatic rings. The van der Waals surface area contributed by atoms with Crippen LogP contribution < -0.4 is 20.1 Å². The summed E-state index contributed by atoms with van der Waals surface area (Å²) in [6.07, 6.45) is -0.525. The quantitative estimate of drug-likeness (QED) is 0.612. The van der Waals surface area contributed by atoms with Crippen molar-refractivity contribution < 1.29 is 28.7 Å². The van der Waals surface area contributed by atoms with E-state index in [9.17, 15) is 19.2 Å². The maximum atomic E-state index is 12.2. The van der Waals surface area contributed by atoms with Gasteiger partial charge in [0.2, 0.25) is 11.8 Å². The number of benzene rings is 2. The van der Waals surface area contributed by atoms with Crippen LogP contribution in [0, 0.1) is 0 Å². The molecule has 0 atom stereocenters. The van der Waals surface area contributed by atoms with Gasteiger partial charge >= 0.3 is 0 Å². The molecule has 0 aliphatic carbocycles. The fraction of sp³-hybridized carbons (Fsp3) is 0.273. The second kappa shape index (κ2) is 10.2. The molecule has 0 fully saturated rings. The van der Waals surface area contributed by atoms with E-state index in [1.165, 1.54) is 28.1 Å². The van der Waals surface area contributed by atoms with Crippen molar-refractivity contribution in [2.24, 2.45) is 0 Å². The minimum absolute atomic E-state index is 0.262. The number of carbonyl (C=O) groups is 4. The Balaban J connectivity index is 2.53. The molecule has 30 heavy (non-hydrogen) atoms. The van der Waals surface area contributed by atoms with Gasteiger partial charge in [0.05, 0.1) is 38.4 Å². The van der Waals surface area contributed by atoms with Crippen molar-refractivity contribution in [1.82, 2.24) is 0 Å². The molecule has 2 aromatic carbocycles. The molecule has 0 spiro atoms. The van der Waals surface area contributed by atoms with Gasteiger partial charge < -0.3 is 20.1 Å². The highest BCUT2D eigenvalue weighted by molar-refractivity contribution is 6.08. The summed E-state index contributed by atoms with van der Waals surface area (Å²) in [5, 5.41) is 5.44. The van der Waals surface area contributed by atoms with E-state index < -0.39 is 11.8 Å². The van der Waals surface area contributed by atoms with Crippen LogP contribution in [0.25, 0.3) is 11.1 Å². The van der Waals surface area contributed by atoms with Crippen LogP contribution in [-0.2, 0) is 19.2 Å². The summed E-state index contributed by atoms with van der Waals surface area (Å²) in [5.74, 6) is -0.447. The summed E-state index contributed by atoms with van der Waals surface area (Å²) >= 11 is 0. The first-order valence-corrected chi connectivity index (χ1v) is 9.18. The molecular weight excluding hydrogens is 388 g/mol. The average Bonchev–Trinajstić information content (AvgIpc) is 2.66. The fourth-order valence-corrected chi connectivity index (χ4v) is 2.82. The molecule has 158 valence electrons. The van der Waals surface area contributed by atoms with E-state index >= 15 is 0 Å². The van der Waals surface area contributed by atoms with Crippen LogP contribution in [0.3, 0.4) is 0 Å². The number of ether oxygens (including phenoxy) is 2. The van der Waals surface area contributed by atoms with Crippen LogP contribution in [0.4, 0.5) is 11.4 Å². The minimum Gasteiger partial charge on any atom is -0.497 e. The van der Waals surface area contributed by atoms with Gasteiger partial charge in [-0.1, -0.05) is 0 Å². The van der Waals surface area contributed by atoms with E-state index in [4.69, 9.17) is 9.47 Å². The van der Waals surface area contributed by atoms with Gasteiger partial charge in [0, 0.05) is 23.3 Å². The van der Waals surface area contributed by atoms with Gasteiger partial charge in [0.1, 0.15) is 23.1 Å². The normalized spacial score (nSPS) is 10.1. The van der Waals surface area contributed by atoms with E-state index in [0.29, 0.717) is 34.0 Å². The van der Waals surface area contributed by atoms with Crippen molar-refractivity contribution in [3.63, 3.8) is 0 Å². The number of nitrogens with one attached hydrogen (secondary N) is 2. The van der Waals surface area contributed by atoms with Crippen molar-refractivity contribution in [2.45, 2.75) is 26.7 Å². The second-order valence-corrected chi connectivity index (χ2v) is 6.68. The molecule has 2 aromatic rings. The number of methoxy groups -OCH3 is 2. The largest absolute Gasteiger partial charge is 0.497 e. The van der Waals surface area contributed by atoms with Gasteiger partial charge in [-0.05, 0) is 38.1 Å². The topological polar surface area (TPSA) is 111 Å². The maximum absolute atomic E-state index is 12.2. The van der Waals surface area contributed by atoms with Crippen molar-refractivity contribution in [3.05, 3.63) is 36.4 Å². The number of anilines is 2. The summed E-state index contributed by atoms with van der Waals surface area (Å²) < 4.78 is 10.5. The molecule has 2 rings (SSSR count). The lowest BCUT2D eigenvalue weighted by Crippen LogP contribution is -2.17. The summed E-state index contributed by atoms with van der Waals surface area (Å²) in [4.78, 5) is 46.9. The lowest BCUT2D eigenvalue weighted by Gasteiger charge is -2.17. The molecular formula is C22H24N2O6. The second-order valence-electron chi connectivity index (χ2n) is 6.68. The van der Waals surface area contributed by atoms with Crippen LogP contribution in [0.5, 0.6) is 11.5 Å². The molecule has 0 bridgehead atoms. The zero-order valence-corrected chi connectivity index (χ0v) is 17.3. The fourth-order valence-electron chi connectivity index (χ4n) is 2.82. The summed E-state index contributed by atoms with van der Waals surface area (Å²) in [6.45, 7) is 2.66. The summed E-state index contributed by atoms with van der Waals surface area (Å²) in [7, 11) is 2.99. The number of ketones is 2. The van der Waals surface area contributed by atoms with Gasteiger partial charge in [-0.3, -0.25) is 19.2 Å². The van der Waals surface area contributed by atoms with E-state index in [-0.39, 0.29) is 24.4 Å². The first kappa shape index (κ1) is 22.6. The standard InChI is InChI=1S/C22H24N2O6/c1-13(25)9-21(27)23-19-11-15(29-3)5-7-17(19)18-8-6-16(30-4)12-20(18)24-22(28)10-14(2)26/h5-8,11-12H,9-10H2,1-4H3,(H,23,27)(H,24,28). The monoisotopic (exact) mass is 412 g/mol. The van der Waals surface area contributed by atoms with E-state index in [1.807, 2.05) is 0 Å². The zero-order valence-electron chi connectivity index (χ0n) is 17.3. The number of hydrogen-bond acceptors (Lipinski definition) is 6. The maximum Gasteiger partial charge on any atom is 0.231 e. The summed E-state index contributed by atoms with van der Waals surface area (Å²) in [6, 6.07) is 10.1. The number of Topliss-reactive ketones (excluding diaryl/α,β-unsaturated/α-hetero) is 2. The van der Waals surface area contributed by atoms with Crippen LogP contribution in [0.1, 0.15) is 26.7 Å². The van der Waals surface area contributed by atoms with Gasteiger partial charge in [-0.2, -0.15) is 0 Å². The molecule has 8 nitrogen and oxygen atoms in total. The van der Waals surface area contributed by atoms with Gasteiger partial charge in [-0.25, -0.2) is 0 Å². The van der Waals surface area contributed by atoms with Gasteiger partial charge in [-0.15, -0.1) is 0 Å². The van der Waals surface area contributed by atoms with Crippen molar-refractivity contribution in [2.75, 3.05) is 24.9 Å². The molecule has 8 heteroatoms. The predicted octanol–water partition coefficient (Wildman–Crippen LogP) is 3.21. The van der Waals surface area contributed by atoms with Crippen LogP contribution in [-0.4, -0.2) is 37.6 Å². The third kappa shape index (κ3) is 6.16. The molecule has 0 saturated heterocycles. The predicted molar refractivity (Wildman–Crippen MR) is 113 cm³/mol. The number of rotatable bonds is 9. The van der Waals surface area contributed by atoms with E-state index in [0.717, 1.165) is 0 Å².